The summed E-state index contributed by atoms with van der Waals surface area (Å²) in [5.74, 6) is -0.0119. The number of carbonyl (C=O) groups is 1. The van der Waals surface area contributed by atoms with E-state index in [-0.39, 0.29) is 0 Å². The molecule has 15 heavy (non-hydrogen) atoms. The number of hydrogen-bond acceptors (Lipinski definition) is 4. The van der Waals surface area contributed by atoms with Gasteiger partial charge in [-0.15, -0.1) is 4.91 Å². The number of amidine groups is 1. The maximum atomic E-state index is 11.3. The molecule has 0 fully saturated rings. The Balaban J connectivity index is 2.41. The SMILES string of the molecule is CC1=NC(=O)[C@H](N=O)N1c1ccccc1. The Labute approximate surface area is 86.4 Å². The third-order valence-corrected chi connectivity index (χ3v) is 2.22. The van der Waals surface area contributed by atoms with Crippen molar-refractivity contribution in [1.29, 1.82) is 0 Å². The Morgan fingerprint density at radius 2 is 2.00 bits per heavy atom. The quantitative estimate of drug-likeness (QED) is 0.685. The molecule has 1 aromatic rings. The summed E-state index contributed by atoms with van der Waals surface area (Å²) in [6.45, 7) is 1.68. The summed E-state index contributed by atoms with van der Waals surface area (Å²) in [7, 11) is 0. The summed E-state index contributed by atoms with van der Waals surface area (Å²) in [4.78, 5) is 27.1. The van der Waals surface area contributed by atoms with Crippen LogP contribution in [0.1, 0.15) is 6.92 Å². The number of nitroso groups, excluding NO2 is 1. The van der Waals surface area contributed by atoms with Crippen LogP contribution in [0.4, 0.5) is 5.69 Å². The predicted octanol–water partition coefficient (Wildman–Crippen LogP) is 1.54. The van der Waals surface area contributed by atoms with E-state index in [1.165, 1.54) is 4.90 Å². The topological polar surface area (TPSA) is 62.1 Å². The second-order valence-electron chi connectivity index (χ2n) is 3.18. The van der Waals surface area contributed by atoms with Gasteiger partial charge in [0.2, 0.25) is 6.17 Å². The van der Waals surface area contributed by atoms with Crippen LogP contribution in [0.25, 0.3) is 0 Å². The Morgan fingerprint density at radius 3 is 2.60 bits per heavy atom. The normalized spacial score (nSPS) is 20.3. The molecule has 0 saturated heterocycles. The van der Waals surface area contributed by atoms with Crippen molar-refractivity contribution in [1.82, 2.24) is 0 Å². The molecule has 0 unspecified atom stereocenters. The van der Waals surface area contributed by atoms with Crippen LogP contribution in [-0.2, 0) is 4.79 Å². The van der Waals surface area contributed by atoms with Crippen molar-refractivity contribution in [2.45, 2.75) is 13.1 Å². The lowest BCUT2D eigenvalue weighted by Gasteiger charge is -2.20. The molecule has 5 heteroatoms. The zero-order chi connectivity index (χ0) is 10.8. The Morgan fingerprint density at radius 1 is 1.33 bits per heavy atom. The van der Waals surface area contributed by atoms with Crippen molar-refractivity contribution >= 4 is 17.4 Å². The summed E-state index contributed by atoms with van der Waals surface area (Å²) < 4.78 is 0. The fourth-order valence-electron chi connectivity index (χ4n) is 1.57. The van der Waals surface area contributed by atoms with E-state index in [9.17, 15) is 9.70 Å². The summed E-state index contributed by atoms with van der Waals surface area (Å²) in [5.41, 5.74) is 0.745. The molecular weight excluding hydrogens is 194 g/mol. The summed E-state index contributed by atoms with van der Waals surface area (Å²) in [6.07, 6.45) is -1.05. The molecular formula is C10H9N3O2. The van der Waals surface area contributed by atoms with Crippen LogP contribution in [0.3, 0.4) is 0 Å². The second-order valence-corrected chi connectivity index (χ2v) is 3.18. The molecule has 1 aromatic carbocycles. The maximum Gasteiger partial charge on any atom is 0.296 e. The van der Waals surface area contributed by atoms with Gasteiger partial charge in [-0.25, -0.2) is 0 Å². The van der Waals surface area contributed by atoms with Gasteiger partial charge in [-0.05, 0) is 24.2 Å². The third-order valence-electron chi connectivity index (χ3n) is 2.22. The Hall–Kier alpha value is -2.04. The average molecular weight is 203 g/mol. The van der Waals surface area contributed by atoms with Crippen molar-refractivity contribution in [2.24, 2.45) is 10.2 Å². The molecule has 1 aliphatic heterocycles. The van der Waals surface area contributed by atoms with Crippen LogP contribution in [0.15, 0.2) is 40.5 Å². The van der Waals surface area contributed by atoms with Gasteiger partial charge in [0.1, 0.15) is 5.84 Å². The van der Waals surface area contributed by atoms with Gasteiger partial charge in [0, 0.05) is 5.69 Å². The summed E-state index contributed by atoms with van der Waals surface area (Å²) in [6, 6.07) is 9.11. The van der Waals surface area contributed by atoms with Crippen molar-refractivity contribution in [3.63, 3.8) is 0 Å². The standard InChI is InChI=1S/C10H9N3O2/c1-7-11-10(14)9(12-15)13(7)8-5-3-2-4-6-8/h2-6,9H,1H3/t9-/m1/s1. The lowest BCUT2D eigenvalue weighted by molar-refractivity contribution is -0.118. The van der Waals surface area contributed by atoms with Crippen LogP contribution >= 0.6 is 0 Å². The number of anilines is 1. The smallest absolute Gasteiger partial charge is 0.296 e. The van der Waals surface area contributed by atoms with E-state index in [0.29, 0.717) is 5.84 Å². The van der Waals surface area contributed by atoms with E-state index in [1.807, 2.05) is 18.2 Å². The summed E-state index contributed by atoms with van der Waals surface area (Å²) in [5, 5.41) is 2.79. The average Bonchev–Trinajstić information content (AvgIpc) is 2.54. The highest BCUT2D eigenvalue weighted by Crippen LogP contribution is 2.22. The first-order valence-electron chi connectivity index (χ1n) is 4.50. The van der Waals surface area contributed by atoms with E-state index < -0.39 is 12.1 Å². The molecule has 0 N–H and O–H groups in total. The fourth-order valence-corrected chi connectivity index (χ4v) is 1.57. The molecule has 76 valence electrons. The zero-order valence-electron chi connectivity index (χ0n) is 8.12. The Kier molecular flexibility index (Phi) is 2.29. The molecule has 0 saturated carbocycles. The largest absolute Gasteiger partial charge is 0.296 e. The molecule has 5 nitrogen and oxygen atoms in total. The van der Waals surface area contributed by atoms with E-state index in [4.69, 9.17) is 0 Å². The van der Waals surface area contributed by atoms with Gasteiger partial charge in [0.25, 0.3) is 5.91 Å². The predicted molar refractivity (Wildman–Crippen MR) is 56.6 cm³/mol. The van der Waals surface area contributed by atoms with Gasteiger partial charge in [0.15, 0.2) is 0 Å². The number of nitrogens with zero attached hydrogens (tertiary/aromatic N) is 3. The maximum absolute atomic E-state index is 11.3. The molecule has 0 aromatic heterocycles. The minimum atomic E-state index is -1.05. The van der Waals surface area contributed by atoms with Crippen LogP contribution in [0, 0.1) is 4.91 Å². The first kappa shape index (κ1) is 9.51. The van der Waals surface area contributed by atoms with Gasteiger partial charge >= 0.3 is 0 Å². The molecule has 1 atom stereocenters. The zero-order valence-corrected chi connectivity index (χ0v) is 8.12. The molecule has 0 radical (unpaired) electrons. The number of carbonyl (C=O) groups excluding carboxylic acids is 1. The number of rotatable bonds is 2. The first-order valence-corrected chi connectivity index (χ1v) is 4.50. The molecule has 2 rings (SSSR count). The molecule has 1 heterocycles. The van der Waals surface area contributed by atoms with Crippen LogP contribution in [0.2, 0.25) is 0 Å². The highest BCUT2D eigenvalue weighted by Gasteiger charge is 2.34. The van der Waals surface area contributed by atoms with Crippen LogP contribution in [0.5, 0.6) is 0 Å². The van der Waals surface area contributed by atoms with E-state index in [1.54, 1.807) is 19.1 Å². The monoisotopic (exact) mass is 203 g/mol. The first-order chi connectivity index (χ1) is 7.24. The number of aliphatic imine (C=N–C) groups is 1. The van der Waals surface area contributed by atoms with Crippen molar-refractivity contribution < 1.29 is 4.79 Å². The van der Waals surface area contributed by atoms with Crippen molar-refractivity contribution in [2.75, 3.05) is 4.90 Å². The van der Waals surface area contributed by atoms with Crippen molar-refractivity contribution in [3.05, 3.63) is 35.2 Å². The third kappa shape index (κ3) is 1.52. The van der Waals surface area contributed by atoms with Gasteiger partial charge in [-0.2, -0.15) is 4.99 Å². The lowest BCUT2D eigenvalue weighted by Crippen LogP contribution is -2.35. The molecule has 0 spiro atoms. The molecule has 1 aliphatic rings. The molecule has 0 bridgehead atoms. The number of amides is 1. The minimum absolute atomic E-state index is 0.496. The highest BCUT2D eigenvalue weighted by molar-refractivity contribution is 6.13. The second kappa shape index (κ2) is 3.61. The van der Waals surface area contributed by atoms with Gasteiger partial charge < -0.3 is 0 Å². The number of para-hydroxylation sites is 1. The summed E-state index contributed by atoms with van der Waals surface area (Å²) >= 11 is 0. The van der Waals surface area contributed by atoms with E-state index >= 15 is 0 Å². The fraction of sp³-hybridized carbons (Fsp3) is 0.200. The van der Waals surface area contributed by atoms with Gasteiger partial charge in [-0.1, -0.05) is 18.2 Å². The highest BCUT2D eigenvalue weighted by atomic mass is 16.3. The van der Waals surface area contributed by atoms with E-state index in [0.717, 1.165) is 5.69 Å². The van der Waals surface area contributed by atoms with Crippen molar-refractivity contribution in [3.8, 4) is 0 Å². The van der Waals surface area contributed by atoms with Crippen LogP contribution < -0.4 is 4.90 Å². The molecule has 0 aliphatic carbocycles. The number of benzene rings is 1. The lowest BCUT2D eigenvalue weighted by atomic mass is 10.2. The minimum Gasteiger partial charge on any atom is -0.296 e. The van der Waals surface area contributed by atoms with Crippen LogP contribution in [-0.4, -0.2) is 17.9 Å². The number of hydrogen-bond donors (Lipinski definition) is 0. The molecule has 1 amide bonds. The van der Waals surface area contributed by atoms with Gasteiger partial charge in [0.05, 0.1) is 0 Å². The Bertz CT molecular complexity index is 428. The van der Waals surface area contributed by atoms with E-state index in [2.05, 4.69) is 10.2 Å². The van der Waals surface area contributed by atoms with Gasteiger partial charge in [-0.3, -0.25) is 9.69 Å².